The van der Waals surface area contributed by atoms with Crippen molar-refractivity contribution in [3.05, 3.63) is 47.0 Å². The summed E-state index contributed by atoms with van der Waals surface area (Å²) in [6.07, 6.45) is -0.820. The van der Waals surface area contributed by atoms with Gasteiger partial charge in [-0.2, -0.15) is 0 Å². The van der Waals surface area contributed by atoms with Gasteiger partial charge in [-0.15, -0.1) is 0 Å². The Morgan fingerprint density at radius 2 is 1.78 bits per heavy atom. The van der Waals surface area contributed by atoms with Crippen LogP contribution in [0.25, 0.3) is 0 Å². The van der Waals surface area contributed by atoms with Crippen LogP contribution in [-0.4, -0.2) is 10.9 Å². The smallest absolute Gasteiger partial charge is 0.247 e. The third kappa shape index (κ3) is 2.06. The van der Waals surface area contributed by atoms with Gasteiger partial charge in [0, 0.05) is 5.56 Å². The molecule has 1 aliphatic heterocycles. The number of aliphatic hydroxyl groups is 1. The minimum atomic E-state index is -0.820. The predicted octanol–water partition coefficient (Wildman–Crippen LogP) is 2.31. The van der Waals surface area contributed by atoms with E-state index in [1.165, 1.54) is 5.56 Å². The number of nitrogens with two attached hydrogens (primary N) is 1. The van der Waals surface area contributed by atoms with Crippen molar-refractivity contribution in [3.63, 3.8) is 0 Å². The fourth-order valence-electron chi connectivity index (χ4n) is 1.86. The summed E-state index contributed by atoms with van der Waals surface area (Å²) in [5, 5.41) is 9.36. The lowest BCUT2D eigenvalue weighted by Gasteiger charge is -2.19. The van der Waals surface area contributed by atoms with Crippen LogP contribution in [0.15, 0.2) is 35.9 Å². The number of hydrogen-bond donors (Lipinski definition) is 2. The summed E-state index contributed by atoms with van der Waals surface area (Å²) in [5.74, 6) is -1.18. The Morgan fingerprint density at radius 3 is 2.17 bits per heavy atom. The topological polar surface area (TPSA) is 72.6 Å². The molecule has 1 aromatic rings. The van der Waals surface area contributed by atoms with Gasteiger partial charge in [-0.25, -0.2) is 0 Å². The van der Waals surface area contributed by atoms with Crippen LogP contribution in [-0.2, 0) is 14.9 Å². The van der Waals surface area contributed by atoms with Crippen molar-refractivity contribution < 1.29 is 14.6 Å². The van der Waals surface area contributed by atoms with Crippen molar-refractivity contribution in [2.45, 2.75) is 32.3 Å². The maximum absolute atomic E-state index is 11.7. The molecular weight excluding hydrogens is 230 g/mol. The molecule has 3 N–H and O–H groups in total. The van der Waals surface area contributed by atoms with E-state index in [2.05, 4.69) is 20.8 Å². The molecule has 1 heterocycles. The first-order valence-corrected chi connectivity index (χ1v) is 5.80. The normalized spacial score (nSPS) is 20.2. The van der Waals surface area contributed by atoms with Gasteiger partial charge in [-0.1, -0.05) is 45.0 Å². The van der Waals surface area contributed by atoms with Crippen LogP contribution in [0.4, 0.5) is 0 Å². The summed E-state index contributed by atoms with van der Waals surface area (Å²) < 4.78 is 5.16. The van der Waals surface area contributed by atoms with Crippen LogP contribution in [0.3, 0.4) is 0 Å². The summed E-state index contributed by atoms with van der Waals surface area (Å²) in [6.45, 7) is 6.35. The molecule has 0 bridgehead atoms. The summed E-state index contributed by atoms with van der Waals surface area (Å²) in [4.78, 5) is 11.7. The highest BCUT2D eigenvalue weighted by Crippen LogP contribution is 2.31. The van der Waals surface area contributed by atoms with Crippen molar-refractivity contribution in [2.75, 3.05) is 0 Å². The summed E-state index contributed by atoms with van der Waals surface area (Å²) in [5.41, 5.74) is 7.30. The fourth-order valence-corrected chi connectivity index (χ4v) is 1.86. The van der Waals surface area contributed by atoms with E-state index in [4.69, 9.17) is 10.5 Å². The molecule has 0 saturated carbocycles. The monoisotopic (exact) mass is 247 g/mol. The van der Waals surface area contributed by atoms with Gasteiger partial charge >= 0.3 is 0 Å². The maximum Gasteiger partial charge on any atom is 0.247 e. The van der Waals surface area contributed by atoms with E-state index >= 15 is 0 Å². The molecule has 1 aromatic carbocycles. The molecule has 4 heteroatoms. The van der Waals surface area contributed by atoms with Gasteiger partial charge in [-0.05, 0) is 11.0 Å². The molecule has 0 saturated heterocycles. The molecule has 1 atom stereocenters. The highest BCUT2D eigenvalue weighted by Gasteiger charge is 2.35. The molecule has 0 unspecified atom stereocenters. The van der Waals surface area contributed by atoms with E-state index in [1.807, 2.05) is 24.3 Å². The second-order valence-electron chi connectivity index (χ2n) is 5.45. The molecule has 0 aromatic heterocycles. The van der Waals surface area contributed by atoms with Crippen molar-refractivity contribution >= 4 is 5.78 Å². The van der Waals surface area contributed by atoms with Crippen LogP contribution >= 0.6 is 0 Å². The number of rotatable bonds is 1. The number of benzene rings is 1. The number of Topliss-reactive ketones (excluding diaryl/α,β-unsaturated/α-hetero) is 1. The average Bonchev–Trinajstić information content (AvgIpc) is 2.56. The number of carbonyl (C=O) groups excluding carboxylic acids is 1. The first-order chi connectivity index (χ1) is 8.30. The molecule has 0 amide bonds. The minimum absolute atomic E-state index is 0.0541. The Bertz CT molecular complexity index is 509. The lowest BCUT2D eigenvalue weighted by molar-refractivity contribution is -0.123. The van der Waals surface area contributed by atoms with Crippen molar-refractivity contribution in [2.24, 2.45) is 5.73 Å². The van der Waals surface area contributed by atoms with Crippen LogP contribution < -0.4 is 5.73 Å². The first-order valence-electron chi connectivity index (χ1n) is 5.80. The molecule has 1 aliphatic rings. The van der Waals surface area contributed by atoms with Gasteiger partial charge in [-0.3, -0.25) is 4.79 Å². The highest BCUT2D eigenvalue weighted by molar-refractivity contribution is 5.99. The molecule has 0 radical (unpaired) electrons. The van der Waals surface area contributed by atoms with Crippen molar-refractivity contribution in [3.8, 4) is 0 Å². The fraction of sp³-hybridized carbons (Fsp3) is 0.357. The Labute approximate surface area is 106 Å². The quantitative estimate of drug-likeness (QED) is 0.798. The Hall–Kier alpha value is -1.97. The third-order valence-corrected chi connectivity index (χ3v) is 3.03. The first kappa shape index (κ1) is 12.5. The molecule has 0 aliphatic carbocycles. The highest BCUT2D eigenvalue weighted by atomic mass is 16.5. The number of ether oxygens (including phenoxy) is 1. The Morgan fingerprint density at radius 1 is 1.22 bits per heavy atom. The lowest BCUT2D eigenvalue weighted by Crippen LogP contribution is -2.13. The maximum atomic E-state index is 11.7. The minimum Gasteiger partial charge on any atom is -0.501 e. The van der Waals surface area contributed by atoms with Gasteiger partial charge < -0.3 is 15.6 Å². The zero-order valence-electron chi connectivity index (χ0n) is 10.7. The zero-order chi connectivity index (χ0) is 13.5. The van der Waals surface area contributed by atoms with E-state index in [0.29, 0.717) is 5.56 Å². The van der Waals surface area contributed by atoms with E-state index in [1.54, 1.807) is 0 Å². The third-order valence-electron chi connectivity index (χ3n) is 3.03. The summed E-state index contributed by atoms with van der Waals surface area (Å²) >= 11 is 0. The number of hydrogen-bond acceptors (Lipinski definition) is 4. The van der Waals surface area contributed by atoms with Gasteiger partial charge in [0.1, 0.15) is 0 Å². The van der Waals surface area contributed by atoms with E-state index in [9.17, 15) is 9.90 Å². The van der Waals surface area contributed by atoms with Gasteiger partial charge in [0.15, 0.2) is 6.10 Å². The van der Waals surface area contributed by atoms with Crippen LogP contribution in [0, 0.1) is 0 Å². The van der Waals surface area contributed by atoms with E-state index < -0.39 is 17.6 Å². The van der Waals surface area contributed by atoms with Crippen molar-refractivity contribution in [1.29, 1.82) is 0 Å². The number of ketones is 1. The van der Waals surface area contributed by atoms with Gasteiger partial charge in [0.25, 0.3) is 0 Å². The van der Waals surface area contributed by atoms with Gasteiger partial charge in [0.05, 0.1) is 0 Å². The molecular formula is C14H17NO3. The Balaban J connectivity index is 2.25. The van der Waals surface area contributed by atoms with Gasteiger partial charge in [0.2, 0.25) is 17.4 Å². The van der Waals surface area contributed by atoms with E-state index in [-0.39, 0.29) is 11.3 Å². The summed E-state index contributed by atoms with van der Waals surface area (Å²) in [7, 11) is 0. The van der Waals surface area contributed by atoms with Crippen LogP contribution in [0.2, 0.25) is 0 Å². The Kier molecular flexibility index (Phi) is 2.81. The largest absolute Gasteiger partial charge is 0.501 e. The second-order valence-corrected chi connectivity index (χ2v) is 5.45. The number of aliphatic hydroxyl groups excluding tert-OH is 1. The second kappa shape index (κ2) is 4.05. The van der Waals surface area contributed by atoms with Crippen LogP contribution in [0.1, 0.15) is 38.0 Å². The predicted molar refractivity (Wildman–Crippen MR) is 67.8 cm³/mol. The van der Waals surface area contributed by atoms with E-state index in [0.717, 1.165) is 0 Å². The molecule has 18 heavy (non-hydrogen) atoms. The summed E-state index contributed by atoms with van der Waals surface area (Å²) in [6, 6.07) is 7.57. The average molecular weight is 247 g/mol. The molecule has 96 valence electrons. The van der Waals surface area contributed by atoms with Crippen molar-refractivity contribution in [1.82, 2.24) is 0 Å². The standard InChI is InChI=1S/C14H17NO3/c1-14(2,3)9-6-4-8(5-7-9)12-10(16)11(17)13(15)18-12/h4-7,12,17H,15H2,1-3H3/t12-/m1/s1. The molecule has 4 nitrogen and oxygen atoms in total. The number of carbonyl (C=O) groups is 1. The SMILES string of the molecule is CC(C)(C)c1ccc([C@H]2OC(N)=C(O)C2=O)cc1. The lowest BCUT2D eigenvalue weighted by atomic mass is 9.86. The molecule has 0 spiro atoms. The molecule has 2 rings (SSSR count). The zero-order valence-corrected chi connectivity index (χ0v) is 10.7. The van der Waals surface area contributed by atoms with Crippen LogP contribution in [0.5, 0.6) is 0 Å². The molecule has 0 fully saturated rings.